The van der Waals surface area contributed by atoms with Crippen LogP contribution in [0.2, 0.25) is 0 Å². The first kappa shape index (κ1) is 15.9. The Bertz CT molecular complexity index is 549. The predicted octanol–water partition coefficient (Wildman–Crippen LogP) is -2.67. The number of nitrogens with zero attached hydrogens (tertiary/aromatic N) is 2. The van der Waals surface area contributed by atoms with E-state index in [9.17, 15) is 15.0 Å². The van der Waals surface area contributed by atoms with Gasteiger partial charge >= 0.3 is 5.69 Å². The van der Waals surface area contributed by atoms with E-state index in [1.54, 1.807) is 0 Å². The van der Waals surface area contributed by atoms with Crippen LogP contribution in [-0.4, -0.2) is 56.3 Å². The molecule has 0 saturated carbocycles. The molecule has 4 atom stereocenters. The van der Waals surface area contributed by atoms with E-state index in [2.05, 4.69) is 4.98 Å². The summed E-state index contributed by atoms with van der Waals surface area (Å²) in [6.45, 7) is -0.00166. The Labute approximate surface area is 120 Å². The van der Waals surface area contributed by atoms with Crippen LogP contribution in [0.3, 0.4) is 0 Å². The third-order valence-corrected chi connectivity index (χ3v) is 3.50. The average molecular weight is 300 g/mol. The maximum absolute atomic E-state index is 11.9. The van der Waals surface area contributed by atoms with Gasteiger partial charge in [-0.25, -0.2) is 4.79 Å². The maximum Gasteiger partial charge on any atom is 0.351 e. The summed E-state index contributed by atoms with van der Waals surface area (Å²) in [7, 11) is 0. The van der Waals surface area contributed by atoms with Crippen LogP contribution >= 0.6 is 0 Å². The second kappa shape index (κ2) is 6.50. The van der Waals surface area contributed by atoms with Crippen molar-refractivity contribution in [2.24, 2.45) is 5.73 Å². The lowest BCUT2D eigenvalue weighted by atomic mass is 10.1. The number of hydrogen-bond donors (Lipinski definition) is 5. The molecule has 1 aliphatic heterocycles. The molecule has 1 saturated heterocycles. The molecule has 118 valence electrons. The van der Waals surface area contributed by atoms with Gasteiger partial charge in [-0.05, 0) is 19.4 Å². The second-order valence-electron chi connectivity index (χ2n) is 4.96. The molecular weight excluding hydrogens is 280 g/mol. The van der Waals surface area contributed by atoms with Crippen molar-refractivity contribution in [2.45, 2.75) is 37.4 Å². The van der Waals surface area contributed by atoms with Gasteiger partial charge in [0.1, 0.15) is 24.1 Å². The van der Waals surface area contributed by atoms with E-state index >= 15 is 0 Å². The van der Waals surface area contributed by atoms with Crippen LogP contribution in [0.15, 0.2) is 11.0 Å². The van der Waals surface area contributed by atoms with Crippen LogP contribution < -0.4 is 17.2 Å². The van der Waals surface area contributed by atoms with Crippen molar-refractivity contribution < 1.29 is 20.1 Å². The highest BCUT2D eigenvalue weighted by molar-refractivity contribution is 5.36. The van der Waals surface area contributed by atoms with Gasteiger partial charge in [-0.3, -0.25) is 4.57 Å². The molecule has 1 fully saturated rings. The van der Waals surface area contributed by atoms with E-state index in [-0.39, 0.29) is 5.82 Å². The lowest BCUT2D eigenvalue weighted by Gasteiger charge is -2.18. The molecule has 1 unspecified atom stereocenters. The number of aromatic nitrogens is 2. The SMILES string of the molecule is NCCCc1cn([C@@H]2O[C@H](CO)[C@H](O)C2O)c(=O)nc1N. The van der Waals surface area contributed by atoms with Gasteiger partial charge in [0.05, 0.1) is 6.61 Å². The molecular formula is C12H20N4O5. The van der Waals surface area contributed by atoms with Gasteiger partial charge in [-0.1, -0.05) is 0 Å². The highest BCUT2D eigenvalue weighted by Crippen LogP contribution is 2.28. The third-order valence-electron chi connectivity index (χ3n) is 3.50. The Morgan fingerprint density at radius 3 is 2.67 bits per heavy atom. The maximum atomic E-state index is 11.9. The highest BCUT2D eigenvalue weighted by atomic mass is 16.6. The van der Waals surface area contributed by atoms with E-state index in [0.29, 0.717) is 24.9 Å². The quantitative estimate of drug-likeness (QED) is 0.394. The molecule has 2 heterocycles. The van der Waals surface area contributed by atoms with E-state index in [4.69, 9.17) is 21.3 Å². The monoisotopic (exact) mass is 300 g/mol. The lowest BCUT2D eigenvalue weighted by molar-refractivity contribution is -0.0550. The molecule has 7 N–H and O–H groups in total. The number of aryl methyl sites for hydroxylation is 1. The first-order valence-electron chi connectivity index (χ1n) is 6.69. The normalized spacial score (nSPS) is 29.0. The summed E-state index contributed by atoms with van der Waals surface area (Å²) < 4.78 is 6.38. The van der Waals surface area contributed by atoms with Crippen LogP contribution in [0.25, 0.3) is 0 Å². The highest BCUT2D eigenvalue weighted by Gasteiger charge is 2.43. The number of anilines is 1. The van der Waals surface area contributed by atoms with Crippen molar-refractivity contribution in [3.8, 4) is 0 Å². The summed E-state index contributed by atoms with van der Waals surface area (Å²) in [6.07, 6.45) is -2.05. The van der Waals surface area contributed by atoms with Gasteiger partial charge < -0.3 is 31.5 Å². The first-order chi connectivity index (χ1) is 9.99. The fraction of sp³-hybridized carbons (Fsp3) is 0.667. The summed E-state index contributed by atoms with van der Waals surface area (Å²) in [6, 6.07) is 0. The number of nitrogen functional groups attached to an aromatic ring is 1. The van der Waals surface area contributed by atoms with Gasteiger partial charge in [-0.15, -0.1) is 0 Å². The molecule has 0 radical (unpaired) electrons. The minimum Gasteiger partial charge on any atom is -0.394 e. The Morgan fingerprint density at radius 1 is 1.38 bits per heavy atom. The minimum absolute atomic E-state index is 0.108. The number of hydrogen-bond acceptors (Lipinski definition) is 8. The molecule has 1 aromatic heterocycles. The fourth-order valence-electron chi connectivity index (χ4n) is 2.30. The number of nitrogens with two attached hydrogens (primary N) is 2. The second-order valence-corrected chi connectivity index (χ2v) is 4.96. The van der Waals surface area contributed by atoms with Crippen molar-refractivity contribution in [1.82, 2.24) is 9.55 Å². The first-order valence-corrected chi connectivity index (χ1v) is 6.69. The number of rotatable bonds is 5. The zero-order valence-electron chi connectivity index (χ0n) is 11.4. The number of aliphatic hydroxyl groups excluding tert-OH is 3. The van der Waals surface area contributed by atoms with Crippen LogP contribution in [0, 0.1) is 0 Å². The third kappa shape index (κ3) is 3.06. The largest absolute Gasteiger partial charge is 0.394 e. The molecule has 0 aliphatic carbocycles. The van der Waals surface area contributed by atoms with Crippen molar-refractivity contribution in [2.75, 3.05) is 18.9 Å². The van der Waals surface area contributed by atoms with E-state index in [1.165, 1.54) is 6.20 Å². The Kier molecular flexibility index (Phi) is 4.91. The fourth-order valence-corrected chi connectivity index (χ4v) is 2.30. The van der Waals surface area contributed by atoms with Crippen molar-refractivity contribution >= 4 is 5.82 Å². The Morgan fingerprint density at radius 2 is 2.10 bits per heavy atom. The predicted molar refractivity (Wildman–Crippen MR) is 73.3 cm³/mol. The van der Waals surface area contributed by atoms with Crippen LogP contribution in [0.1, 0.15) is 18.2 Å². The summed E-state index contributed by atoms with van der Waals surface area (Å²) in [4.78, 5) is 15.6. The summed E-state index contributed by atoms with van der Waals surface area (Å²) in [5.41, 5.74) is 11.0. The summed E-state index contributed by atoms with van der Waals surface area (Å²) in [5, 5.41) is 28.8. The molecule has 9 nitrogen and oxygen atoms in total. The number of ether oxygens (including phenoxy) is 1. The summed E-state index contributed by atoms with van der Waals surface area (Å²) in [5.74, 6) is 0.108. The Balaban J connectivity index is 2.33. The van der Waals surface area contributed by atoms with Gasteiger partial charge in [0.2, 0.25) is 0 Å². The van der Waals surface area contributed by atoms with Crippen LogP contribution in [-0.2, 0) is 11.2 Å². The van der Waals surface area contributed by atoms with Gasteiger partial charge in [-0.2, -0.15) is 4.98 Å². The lowest BCUT2D eigenvalue weighted by Crippen LogP contribution is -2.36. The molecule has 21 heavy (non-hydrogen) atoms. The molecule has 1 aliphatic rings. The zero-order valence-corrected chi connectivity index (χ0v) is 11.4. The van der Waals surface area contributed by atoms with Crippen molar-refractivity contribution in [3.63, 3.8) is 0 Å². The average Bonchev–Trinajstić information content (AvgIpc) is 2.74. The molecule has 2 rings (SSSR count). The topological polar surface area (TPSA) is 157 Å². The smallest absolute Gasteiger partial charge is 0.351 e. The molecule has 0 aromatic carbocycles. The van der Waals surface area contributed by atoms with Crippen molar-refractivity contribution in [1.29, 1.82) is 0 Å². The molecule has 0 spiro atoms. The van der Waals surface area contributed by atoms with Gasteiger partial charge in [0.15, 0.2) is 6.23 Å². The van der Waals surface area contributed by atoms with E-state index < -0.39 is 36.8 Å². The van der Waals surface area contributed by atoms with Crippen molar-refractivity contribution in [3.05, 3.63) is 22.2 Å². The van der Waals surface area contributed by atoms with Crippen LogP contribution in [0.4, 0.5) is 5.82 Å². The Hall–Kier alpha value is -1.52. The van der Waals surface area contributed by atoms with Gasteiger partial charge in [0.25, 0.3) is 0 Å². The molecule has 0 amide bonds. The van der Waals surface area contributed by atoms with Gasteiger partial charge in [0, 0.05) is 11.8 Å². The van der Waals surface area contributed by atoms with Crippen LogP contribution in [0.5, 0.6) is 0 Å². The summed E-state index contributed by atoms with van der Waals surface area (Å²) >= 11 is 0. The molecule has 0 bridgehead atoms. The molecule has 9 heteroatoms. The number of aliphatic hydroxyl groups is 3. The minimum atomic E-state index is -1.34. The standard InChI is InChI=1S/C12H20N4O5/c13-3-1-2-6-4-16(12(20)15-10(6)14)11-9(19)8(18)7(5-17)21-11/h4,7-9,11,17-19H,1-3,5,13H2,(H2,14,15,20)/t7-,8+,9?,11-/m1/s1. The molecule has 1 aromatic rings. The van der Waals surface area contributed by atoms with E-state index in [0.717, 1.165) is 4.57 Å². The van der Waals surface area contributed by atoms with E-state index in [1.807, 2.05) is 0 Å². The zero-order chi connectivity index (χ0) is 15.6.